The molecule has 1 heterocycles. The number of hydrogen-bond donors (Lipinski definition) is 2. The van der Waals surface area contributed by atoms with E-state index in [4.69, 9.17) is 5.11 Å². The number of urea groups is 1. The van der Waals surface area contributed by atoms with Crippen LogP contribution in [0.15, 0.2) is 0 Å². The van der Waals surface area contributed by atoms with Crippen molar-refractivity contribution in [1.82, 2.24) is 14.7 Å². The Hall–Kier alpha value is -1.34. The van der Waals surface area contributed by atoms with E-state index >= 15 is 0 Å². The summed E-state index contributed by atoms with van der Waals surface area (Å²) in [5.74, 6) is -1.04. The van der Waals surface area contributed by atoms with Crippen molar-refractivity contribution in [3.63, 3.8) is 0 Å². The van der Waals surface area contributed by atoms with Crippen molar-refractivity contribution in [2.45, 2.75) is 31.5 Å². The standard InChI is InChI=1S/C12H23N3O4/c1-8(11(17)18)14(4)12(19)15-7-10(16)5-9(15)6-13(2)3/h8-10,16H,5-7H2,1-4H3,(H,17,18). The van der Waals surface area contributed by atoms with Crippen LogP contribution in [0.1, 0.15) is 13.3 Å². The Labute approximate surface area is 113 Å². The van der Waals surface area contributed by atoms with Crippen molar-refractivity contribution in [3.8, 4) is 0 Å². The maximum atomic E-state index is 12.3. The zero-order chi connectivity index (χ0) is 14.7. The molecule has 0 saturated carbocycles. The topological polar surface area (TPSA) is 84.3 Å². The van der Waals surface area contributed by atoms with Gasteiger partial charge in [-0.15, -0.1) is 0 Å². The van der Waals surface area contributed by atoms with Crippen LogP contribution in [0.4, 0.5) is 4.79 Å². The maximum Gasteiger partial charge on any atom is 0.326 e. The second-order valence-electron chi connectivity index (χ2n) is 5.37. The molecule has 19 heavy (non-hydrogen) atoms. The summed E-state index contributed by atoms with van der Waals surface area (Å²) < 4.78 is 0. The minimum Gasteiger partial charge on any atom is -0.480 e. The molecule has 2 amide bonds. The second-order valence-corrected chi connectivity index (χ2v) is 5.37. The number of aliphatic hydroxyl groups is 1. The van der Waals surface area contributed by atoms with Crippen molar-refractivity contribution in [2.24, 2.45) is 0 Å². The third-order valence-electron chi connectivity index (χ3n) is 3.45. The highest BCUT2D eigenvalue weighted by Crippen LogP contribution is 2.20. The van der Waals surface area contributed by atoms with E-state index in [-0.39, 0.29) is 18.6 Å². The van der Waals surface area contributed by atoms with Crippen molar-refractivity contribution in [1.29, 1.82) is 0 Å². The monoisotopic (exact) mass is 273 g/mol. The number of carbonyl (C=O) groups is 2. The Morgan fingerprint density at radius 1 is 1.37 bits per heavy atom. The predicted molar refractivity (Wildman–Crippen MR) is 69.9 cm³/mol. The second kappa shape index (κ2) is 6.21. The van der Waals surface area contributed by atoms with Crippen LogP contribution in [0.25, 0.3) is 0 Å². The average molecular weight is 273 g/mol. The van der Waals surface area contributed by atoms with Gasteiger partial charge in [0.1, 0.15) is 6.04 Å². The van der Waals surface area contributed by atoms with Gasteiger partial charge in [-0.2, -0.15) is 0 Å². The van der Waals surface area contributed by atoms with Gasteiger partial charge < -0.3 is 24.9 Å². The fraction of sp³-hybridized carbons (Fsp3) is 0.833. The number of likely N-dealkylation sites (tertiary alicyclic amines) is 1. The smallest absolute Gasteiger partial charge is 0.326 e. The SMILES string of the molecule is CC(C(=O)O)N(C)C(=O)N1CC(O)CC1CN(C)C. The molecule has 3 unspecified atom stereocenters. The number of nitrogens with zero attached hydrogens (tertiary/aromatic N) is 3. The van der Waals surface area contributed by atoms with Gasteiger partial charge in [0.2, 0.25) is 0 Å². The van der Waals surface area contributed by atoms with E-state index in [1.165, 1.54) is 18.9 Å². The van der Waals surface area contributed by atoms with Gasteiger partial charge in [-0.1, -0.05) is 0 Å². The normalized spacial score (nSPS) is 24.6. The number of carbonyl (C=O) groups excluding carboxylic acids is 1. The summed E-state index contributed by atoms with van der Waals surface area (Å²) in [7, 11) is 5.27. The zero-order valence-electron chi connectivity index (χ0n) is 11.9. The number of rotatable bonds is 4. The van der Waals surface area contributed by atoms with Gasteiger partial charge >= 0.3 is 12.0 Å². The molecule has 110 valence electrons. The Morgan fingerprint density at radius 3 is 2.42 bits per heavy atom. The maximum absolute atomic E-state index is 12.3. The van der Waals surface area contributed by atoms with Crippen LogP contribution in [-0.2, 0) is 4.79 Å². The summed E-state index contributed by atoms with van der Waals surface area (Å²) >= 11 is 0. The third kappa shape index (κ3) is 3.81. The Bertz CT molecular complexity index is 348. The molecular formula is C12H23N3O4. The number of carboxylic acid groups (broad SMARTS) is 1. The van der Waals surface area contributed by atoms with Gasteiger partial charge in [0.15, 0.2) is 0 Å². The number of likely N-dealkylation sites (N-methyl/N-ethyl adjacent to an activating group) is 2. The van der Waals surface area contributed by atoms with Crippen LogP contribution in [0.2, 0.25) is 0 Å². The average Bonchev–Trinajstić information content (AvgIpc) is 2.66. The summed E-state index contributed by atoms with van der Waals surface area (Å²) in [6.07, 6.45) is -0.0124. The number of amides is 2. The van der Waals surface area contributed by atoms with Crippen LogP contribution in [0, 0.1) is 0 Å². The van der Waals surface area contributed by atoms with Crippen molar-refractivity contribution < 1.29 is 19.8 Å². The van der Waals surface area contributed by atoms with Crippen molar-refractivity contribution in [3.05, 3.63) is 0 Å². The van der Waals surface area contributed by atoms with Crippen molar-refractivity contribution in [2.75, 3.05) is 34.2 Å². The molecule has 2 N–H and O–H groups in total. The van der Waals surface area contributed by atoms with Gasteiger partial charge in [0.25, 0.3) is 0 Å². The molecule has 7 nitrogen and oxygen atoms in total. The first-order valence-electron chi connectivity index (χ1n) is 6.33. The van der Waals surface area contributed by atoms with Crippen LogP contribution in [0.5, 0.6) is 0 Å². The van der Waals surface area contributed by atoms with Crippen LogP contribution >= 0.6 is 0 Å². The van der Waals surface area contributed by atoms with E-state index in [0.717, 1.165) is 0 Å². The minimum atomic E-state index is -1.04. The van der Waals surface area contributed by atoms with E-state index in [9.17, 15) is 14.7 Å². The van der Waals surface area contributed by atoms with Crippen LogP contribution in [0.3, 0.4) is 0 Å². The Kier molecular flexibility index (Phi) is 5.13. The lowest BCUT2D eigenvalue weighted by molar-refractivity contribution is -0.141. The molecule has 0 aliphatic carbocycles. The lowest BCUT2D eigenvalue weighted by atomic mass is 10.2. The number of hydrogen-bond acceptors (Lipinski definition) is 4. The quantitative estimate of drug-likeness (QED) is 0.722. The molecule has 0 aromatic rings. The highest BCUT2D eigenvalue weighted by Gasteiger charge is 2.37. The predicted octanol–water partition coefficient (Wildman–Crippen LogP) is -0.492. The van der Waals surface area contributed by atoms with E-state index in [0.29, 0.717) is 13.0 Å². The van der Waals surface area contributed by atoms with Gasteiger partial charge in [-0.25, -0.2) is 9.59 Å². The van der Waals surface area contributed by atoms with Gasteiger partial charge in [0.05, 0.1) is 6.10 Å². The lowest BCUT2D eigenvalue weighted by Crippen LogP contribution is -2.51. The summed E-state index contributed by atoms with van der Waals surface area (Å²) in [5, 5.41) is 18.7. The first-order chi connectivity index (χ1) is 8.73. The Balaban J connectivity index is 2.75. The molecule has 1 rings (SSSR count). The molecule has 1 aliphatic heterocycles. The molecule has 0 spiro atoms. The van der Waals surface area contributed by atoms with Crippen molar-refractivity contribution >= 4 is 12.0 Å². The summed E-state index contributed by atoms with van der Waals surface area (Å²) in [6.45, 7) is 2.37. The van der Waals surface area contributed by atoms with E-state index in [1.54, 1.807) is 4.90 Å². The van der Waals surface area contributed by atoms with Gasteiger partial charge in [-0.05, 0) is 27.4 Å². The summed E-state index contributed by atoms with van der Waals surface area (Å²) in [5.41, 5.74) is 0. The number of carboxylic acids is 1. The first kappa shape index (κ1) is 15.7. The number of aliphatic carboxylic acids is 1. The van der Waals surface area contributed by atoms with Gasteiger partial charge in [0, 0.05) is 26.2 Å². The largest absolute Gasteiger partial charge is 0.480 e. The molecule has 0 aromatic heterocycles. The zero-order valence-corrected chi connectivity index (χ0v) is 11.9. The fourth-order valence-electron chi connectivity index (χ4n) is 2.25. The van der Waals surface area contributed by atoms with Crippen LogP contribution in [-0.4, -0.2) is 89.3 Å². The summed E-state index contributed by atoms with van der Waals surface area (Å²) in [6, 6.07) is -1.32. The molecule has 0 aromatic carbocycles. The fourth-order valence-corrected chi connectivity index (χ4v) is 2.25. The molecule has 1 fully saturated rings. The lowest BCUT2D eigenvalue weighted by Gasteiger charge is -2.32. The molecule has 1 aliphatic rings. The highest BCUT2D eigenvalue weighted by atomic mass is 16.4. The molecule has 3 atom stereocenters. The molecule has 7 heteroatoms. The number of β-amino-alcohol motifs (C(OH)–C–C–N with tert-alkyl or cyclic N) is 1. The molecular weight excluding hydrogens is 250 g/mol. The molecule has 0 bridgehead atoms. The van der Waals surface area contributed by atoms with Crippen LogP contribution < -0.4 is 0 Å². The molecule has 1 saturated heterocycles. The third-order valence-corrected chi connectivity index (χ3v) is 3.45. The minimum absolute atomic E-state index is 0.0825. The summed E-state index contributed by atoms with van der Waals surface area (Å²) in [4.78, 5) is 27.9. The molecule has 0 radical (unpaired) electrons. The highest BCUT2D eigenvalue weighted by molar-refractivity contribution is 5.82. The Morgan fingerprint density at radius 2 is 1.95 bits per heavy atom. The first-order valence-corrected chi connectivity index (χ1v) is 6.33. The van der Waals surface area contributed by atoms with E-state index in [1.807, 2.05) is 19.0 Å². The van der Waals surface area contributed by atoms with E-state index < -0.39 is 18.1 Å². The van der Waals surface area contributed by atoms with Gasteiger partial charge in [-0.3, -0.25) is 0 Å². The number of aliphatic hydroxyl groups excluding tert-OH is 1. The van der Waals surface area contributed by atoms with E-state index in [2.05, 4.69) is 0 Å².